The van der Waals surface area contributed by atoms with E-state index in [2.05, 4.69) is 26.0 Å². The molecule has 0 N–H and O–H groups in total. The second-order valence-electron chi connectivity index (χ2n) is 10.7. The molecule has 9 heteroatoms. The molecular formula is C32H50O9. The molecule has 0 bridgehead atoms. The molecule has 0 aromatic rings. The van der Waals surface area contributed by atoms with Crippen LogP contribution in [-0.2, 0) is 42.9 Å². The van der Waals surface area contributed by atoms with Crippen LogP contribution < -0.4 is 0 Å². The Morgan fingerprint density at radius 3 is 1.34 bits per heavy atom. The third-order valence-electron chi connectivity index (χ3n) is 7.66. The summed E-state index contributed by atoms with van der Waals surface area (Å²) < 4.78 is 26.9. The zero-order valence-electron chi connectivity index (χ0n) is 25.0. The van der Waals surface area contributed by atoms with Gasteiger partial charge in [-0.25, -0.2) is 0 Å². The first-order chi connectivity index (χ1) is 20.0. The summed E-state index contributed by atoms with van der Waals surface area (Å²) in [5.41, 5.74) is 0. The van der Waals surface area contributed by atoms with Gasteiger partial charge >= 0.3 is 11.9 Å². The molecule has 2 aliphatic rings. The molecule has 4 unspecified atom stereocenters. The van der Waals surface area contributed by atoms with E-state index in [4.69, 9.17) is 23.7 Å². The summed E-state index contributed by atoms with van der Waals surface area (Å²) in [5, 5.41) is 0. The van der Waals surface area contributed by atoms with E-state index in [9.17, 15) is 19.2 Å². The first kappa shape index (κ1) is 34.8. The Bertz CT molecular complexity index is 782. The molecule has 2 saturated carbocycles. The summed E-state index contributed by atoms with van der Waals surface area (Å²) in [6, 6.07) is 0. The van der Waals surface area contributed by atoms with E-state index < -0.39 is 0 Å². The predicted octanol–water partition coefficient (Wildman–Crippen LogP) is 4.81. The van der Waals surface area contributed by atoms with Crippen LogP contribution in [0.15, 0.2) is 24.3 Å². The summed E-state index contributed by atoms with van der Waals surface area (Å²) >= 11 is 0. The first-order valence-corrected chi connectivity index (χ1v) is 15.4. The highest BCUT2D eigenvalue weighted by molar-refractivity contribution is 5.85. The van der Waals surface area contributed by atoms with Crippen molar-refractivity contribution in [2.75, 3.05) is 52.9 Å². The van der Waals surface area contributed by atoms with Crippen LogP contribution in [-0.4, -0.2) is 76.4 Å². The van der Waals surface area contributed by atoms with Gasteiger partial charge in [0.05, 0.1) is 39.6 Å². The van der Waals surface area contributed by atoms with Gasteiger partial charge in [0.25, 0.3) is 0 Å². The quantitative estimate of drug-likeness (QED) is 0.101. The van der Waals surface area contributed by atoms with Crippen molar-refractivity contribution >= 4 is 23.5 Å². The molecule has 0 aromatic heterocycles. The van der Waals surface area contributed by atoms with Gasteiger partial charge in [-0.05, 0) is 50.4 Å². The molecule has 0 heterocycles. The molecule has 0 amide bonds. The monoisotopic (exact) mass is 578 g/mol. The molecule has 2 aliphatic carbocycles. The van der Waals surface area contributed by atoms with Crippen molar-refractivity contribution in [3.8, 4) is 0 Å². The van der Waals surface area contributed by atoms with Crippen LogP contribution >= 0.6 is 0 Å². The Balaban J connectivity index is 1.39. The Hall–Kier alpha value is -2.36. The fourth-order valence-corrected chi connectivity index (χ4v) is 5.43. The Morgan fingerprint density at radius 1 is 0.610 bits per heavy atom. The maximum atomic E-state index is 12.2. The molecule has 0 aromatic carbocycles. The van der Waals surface area contributed by atoms with Gasteiger partial charge in [0.1, 0.15) is 24.8 Å². The van der Waals surface area contributed by atoms with Gasteiger partial charge in [-0.2, -0.15) is 0 Å². The summed E-state index contributed by atoms with van der Waals surface area (Å²) in [6.07, 6.45) is 14.6. The molecule has 4 atom stereocenters. The van der Waals surface area contributed by atoms with Gasteiger partial charge in [-0.1, -0.05) is 38.2 Å². The Kier molecular flexibility index (Phi) is 18.1. The molecule has 232 valence electrons. The molecule has 0 aliphatic heterocycles. The highest BCUT2D eigenvalue weighted by Crippen LogP contribution is 2.35. The normalized spacial score (nSPS) is 22.8. The first-order valence-electron chi connectivity index (χ1n) is 15.4. The molecule has 0 saturated heterocycles. The lowest BCUT2D eigenvalue weighted by Gasteiger charge is -2.16. The molecule has 0 spiro atoms. The molecule has 9 nitrogen and oxygen atoms in total. The van der Waals surface area contributed by atoms with Crippen molar-refractivity contribution in [2.24, 2.45) is 23.7 Å². The van der Waals surface area contributed by atoms with Crippen molar-refractivity contribution in [3.63, 3.8) is 0 Å². The van der Waals surface area contributed by atoms with Gasteiger partial charge < -0.3 is 23.7 Å². The third-order valence-corrected chi connectivity index (χ3v) is 7.66. The lowest BCUT2D eigenvalue weighted by molar-refractivity contribution is -0.147. The third kappa shape index (κ3) is 14.4. The number of rotatable bonds is 22. The average Bonchev–Trinajstić information content (AvgIpc) is 3.47. The van der Waals surface area contributed by atoms with Gasteiger partial charge in [-0.3, -0.25) is 19.2 Å². The van der Waals surface area contributed by atoms with Crippen LogP contribution in [0.3, 0.4) is 0 Å². The maximum Gasteiger partial charge on any atom is 0.306 e. The van der Waals surface area contributed by atoms with Crippen LogP contribution in [0.5, 0.6) is 0 Å². The van der Waals surface area contributed by atoms with Gasteiger partial charge in [0, 0.05) is 37.5 Å². The lowest BCUT2D eigenvalue weighted by Crippen LogP contribution is -2.20. The van der Waals surface area contributed by atoms with Crippen LogP contribution in [0.4, 0.5) is 0 Å². The number of ketones is 2. The number of carbonyl (C=O) groups excluding carboxylic acids is 4. The maximum absolute atomic E-state index is 12.2. The summed E-state index contributed by atoms with van der Waals surface area (Å²) in [5.74, 6) is -0.0798. The van der Waals surface area contributed by atoms with E-state index in [-0.39, 0.29) is 86.4 Å². The minimum atomic E-state index is -0.283. The van der Waals surface area contributed by atoms with Gasteiger partial charge in [-0.15, -0.1) is 0 Å². The summed E-state index contributed by atoms with van der Waals surface area (Å²) in [6.45, 7) is 6.55. The van der Waals surface area contributed by atoms with Crippen molar-refractivity contribution in [3.05, 3.63) is 24.3 Å². The van der Waals surface area contributed by atoms with Gasteiger partial charge in [0.2, 0.25) is 0 Å². The number of hydrogen-bond donors (Lipinski definition) is 0. The standard InChI is InChI=1S/C32H50O9/c1-3-5-7-9-27-25(11-13-29(27)33)23-31(35)40-21-19-38-17-15-37-16-18-39-20-22-41-32(36)24-26-12-14-30(34)28(26)10-8-6-4-2/h5-8,25-28H,3-4,9-24H2,1-2H3. The van der Waals surface area contributed by atoms with E-state index in [0.717, 1.165) is 25.7 Å². The number of esters is 2. The van der Waals surface area contributed by atoms with E-state index in [1.807, 2.05) is 12.2 Å². The molecule has 2 rings (SSSR count). The van der Waals surface area contributed by atoms with E-state index in [1.165, 1.54) is 0 Å². The largest absolute Gasteiger partial charge is 0.463 e. The average molecular weight is 579 g/mol. The molecule has 2 fully saturated rings. The molecular weight excluding hydrogens is 528 g/mol. The SMILES string of the molecule is CCC=CCC1C(=O)CCC1CC(=O)OCCOCCOCCOCCOC(=O)CC1CCC(=O)C1CC=CCC. The smallest absolute Gasteiger partial charge is 0.306 e. The van der Waals surface area contributed by atoms with Crippen molar-refractivity contribution in [1.29, 1.82) is 0 Å². The van der Waals surface area contributed by atoms with Gasteiger partial charge in [0.15, 0.2) is 0 Å². The highest BCUT2D eigenvalue weighted by Gasteiger charge is 2.36. The van der Waals surface area contributed by atoms with Crippen molar-refractivity contribution in [2.45, 2.75) is 78.1 Å². The van der Waals surface area contributed by atoms with Crippen LogP contribution in [0.1, 0.15) is 78.1 Å². The van der Waals surface area contributed by atoms with E-state index in [1.54, 1.807) is 0 Å². The number of hydrogen-bond acceptors (Lipinski definition) is 9. The highest BCUT2D eigenvalue weighted by atomic mass is 16.6. The number of allylic oxidation sites excluding steroid dienone is 4. The summed E-state index contributed by atoms with van der Waals surface area (Å²) in [4.78, 5) is 48.5. The number of Topliss-reactive ketones (excluding diaryl/α,β-unsaturated/α-hetero) is 2. The van der Waals surface area contributed by atoms with Crippen LogP contribution in [0, 0.1) is 23.7 Å². The van der Waals surface area contributed by atoms with E-state index >= 15 is 0 Å². The molecule has 0 radical (unpaired) electrons. The summed E-state index contributed by atoms with van der Waals surface area (Å²) in [7, 11) is 0. The fourth-order valence-electron chi connectivity index (χ4n) is 5.43. The number of carbonyl (C=O) groups is 4. The number of ether oxygens (including phenoxy) is 5. The van der Waals surface area contributed by atoms with E-state index in [0.29, 0.717) is 52.1 Å². The molecule has 41 heavy (non-hydrogen) atoms. The fraction of sp³-hybridized carbons (Fsp3) is 0.750. The lowest BCUT2D eigenvalue weighted by atomic mass is 9.89. The van der Waals surface area contributed by atoms with Crippen molar-refractivity contribution < 1.29 is 42.9 Å². The van der Waals surface area contributed by atoms with Crippen LogP contribution in [0.25, 0.3) is 0 Å². The topological polar surface area (TPSA) is 114 Å². The zero-order chi connectivity index (χ0) is 29.7. The minimum Gasteiger partial charge on any atom is -0.463 e. The second kappa shape index (κ2) is 21.4. The van der Waals surface area contributed by atoms with Crippen molar-refractivity contribution in [1.82, 2.24) is 0 Å². The van der Waals surface area contributed by atoms with Crippen LogP contribution in [0.2, 0.25) is 0 Å². The zero-order valence-corrected chi connectivity index (χ0v) is 25.0. The second-order valence-corrected chi connectivity index (χ2v) is 10.7. The minimum absolute atomic E-state index is 0.0645. The Morgan fingerprint density at radius 2 is 0.976 bits per heavy atom. The predicted molar refractivity (Wildman–Crippen MR) is 154 cm³/mol. The Labute approximate surface area is 245 Å².